The molecule has 2 aromatic carbocycles. The fourth-order valence-electron chi connectivity index (χ4n) is 2.45. The van der Waals surface area contributed by atoms with Crippen molar-refractivity contribution in [2.45, 2.75) is 19.3 Å². The van der Waals surface area contributed by atoms with Crippen LogP contribution in [0.2, 0.25) is 0 Å². The average molecular weight is 354 g/mol. The zero-order valence-corrected chi connectivity index (χ0v) is 15.6. The average Bonchev–Trinajstić information content (AvgIpc) is 2.66. The van der Waals surface area contributed by atoms with Gasteiger partial charge >= 0.3 is 0 Å². The topological polar surface area (TPSA) is 58.6 Å². The van der Waals surface area contributed by atoms with Crippen molar-refractivity contribution in [3.05, 3.63) is 65.7 Å². The summed E-state index contributed by atoms with van der Waals surface area (Å²) in [5, 5.41) is 2.94. The van der Waals surface area contributed by atoms with E-state index in [1.165, 1.54) is 10.5 Å². The highest BCUT2D eigenvalue weighted by Crippen LogP contribution is 2.18. The van der Waals surface area contributed by atoms with E-state index in [1.807, 2.05) is 18.2 Å². The molecule has 1 unspecified atom stereocenters. The van der Waals surface area contributed by atoms with Crippen LogP contribution in [-0.2, 0) is 4.79 Å². The smallest absolute Gasteiger partial charge is 0.259 e. The van der Waals surface area contributed by atoms with Gasteiger partial charge in [0.15, 0.2) is 6.61 Å². The lowest BCUT2D eigenvalue weighted by Gasteiger charge is -2.13. The minimum atomic E-state index is -0.144. The van der Waals surface area contributed by atoms with Crippen molar-refractivity contribution < 1.29 is 14.3 Å². The number of likely N-dealkylation sites (N-methyl/N-ethyl adjacent to an activating group) is 1. The van der Waals surface area contributed by atoms with Crippen LogP contribution in [0.1, 0.15) is 35.2 Å². The lowest BCUT2D eigenvalue weighted by Crippen LogP contribution is -2.27. The first kappa shape index (κ1) is 19.5. The van der Waals surface area contributed by atoms with E-state index < -0.39 is 0 Å². The first-order valence-corrected chi connectivity index (χ1v) is 8.73. The third-order valence-corrected chi connectivity index (χ3v) is 4.19. The van der Waals surface area contributed by atoms with Gasteiger partial charge in [0, 0.05) is 26.2 Å². The van der Waals surface area contributed by atoms with Crippen molar-refractivity contribution in [1.82, 2.24) is 10.2 Å². The van der Waals surface area contributed by atoms with Gasteiger partial charge in [-0.1, -0.05) is 43.3 Å². The Labute approximate surface area is 155 Å². The quantitative estimate of drug-likeness (QED) is 0.792. The molecular weight excluding hydrogens is 328 g/mol. The van der Waals surface area contributed by atoms with Gasteiger partial charge < -0.3 is 15.0 Å². The van der Waals surface area contributed by atoms with Gasteiger partial charge in [-0.05, 0) is 36.1 Å². The predicted molar refractivity (Wildman–Crippen MR) is 102 cm³/mol. The number of hydrogen-bond donors (Lipinski definition) is 1. The number of nitrogens with one attached hydrogen (secondary N) is 1. The lowest BCUT2D eigenvalue weighted by atomic mass is 9.98. The van der Waals surface area contributed by atoms with E-state index in [1.54, 1.807) is 38.4 Å². The molecule has 0 saturated carbocycles. The van der Waals surface area contributed by atoms with Gasteiger partial charge in [0.2, 0.25) is 0 Å². The zero-order valence-electron chi connectivity index (χ0n) is 15.6. The molecule has 2 amide bonds. The van der Waals surface area contributed by atoms with Crippen molar-refractivity contribution in [2.24, 2.45) is 0 Å². The summed E-state index contributed by atoms with van der Waals surface area (Å²) in [5.74, 6) is 0.609. The van der Waals surface area contributed by atoms with Gasteiger partial charge in [-0.15, -0.1) is 0 Å². The largest absolute Gasteiger partial charge is 0.484 e. The number of ether oxygens (including phenoxy) is 1. The Bertz CT molecular complexity index is 729. The van der Waals surface area contributed by atoms with Gasteiger partial charge in [-0.2, -0.15) is 0 Å². The SMILES string of the molecule is CC(CCNC(=O)c1cccc(OCC(=O)N(C)C)c1)c1ccccc1. The van der Waals surface area contributed by atoms with E-state index in [9.17, 15) is 9.59 Å². The normalized spacial score (nSPS) is 11.5. The molecule has 0 aliphatic carbocycles. The van der Waals surface area contributed by atoms with Crippen molar-refractivity contribution in [3.63, 3.8) is 0 Å². The summed E-state index contributed by atoms with van der Waals surface area (Å²) in [6.07, 6.45) is 0.864. The zero-order chi connectivity index (χ0) is 18.9. The number of rotatable bonds is 8. The molecule has 2 aromatic rings. The Morgan fingerprint density at radius 2 is 1.81 bits per heavy atom. The standard InChI is InChI=1S/C21H26N2O3/c1-16(17-8-5-4-6-9-17)12-13-22-21(25)18-10-7-11-19(14-18)26-15-20(24)23(2)3/h4-11,14,16H,12-13,15H2,1-3H3,(H,22,25). The maximum atomic E-state index is 12.3. The van der Waals surface area contributed by atoms with Crippen LogP contribution in [-0.4, -0.2) is 44.0 Å². The minimum absolute atomic E-state index is 0.0489. The van der Waals surface area contributed by atoms with Crippen molar-refractivity contribution >= 4 is 11.8 Å². The molecule has 0 aromatic heterocycles. The number of amides is 2. The number of nitrogens with zero attached hydrogens (tertiary/aromatic N) is 1. The van der Waals surface area contributed by atoms with E-state index in [0.29, 0.717) is 23.8 Å². The molecule has 0 bridgehead atoms. The first-order valence-electron chi connectivity index (χ1n) is 8.73. The molecule has 5 nitrogen and oxygen atoms in total. The number of benzene rings is 2. The second-order valence-corrected chi connectivity index (χ2v) is 6.46. The highest BCUT2D eigenvalue weighted by Gasteiger charge is 2.10. The Hall–Kier alpha value is -2.82. The third kappa shape index (κ3) is 5.92. The summed E-state index contributed by atoms with van der Waals surface area (Å²) in [6.45, 7) is 2.70. The fourth-order valence-corrected chi connectivity index (χ4v) is 2.45. The summed E-state index contributed by atoms with van der Waals surface area (Å²) in [5.41, 5.74) is 1.79. The number of carbonyl (C=O) groups excluding carboxylic acids is 2. The summed E-state index contributed by atoms with van der Waals surface area (Å²) in [6, 6.07) is 17.1. The van der Waals surface area contributed by atoms with Gasteiger partial charge in [0.05, 0.1) is 0 Å². The van der Waals surface area contributed by atoms with Gasteiger partial charge in [0.1, 0.15) is 5.75 Å². The van der Waals surface area contributed by atoms with E-state index in [-0.39, 0.29) is 18.4 Å². The highest BCUT2D eigenvalue weighted by molar-refractivity contribution is 5.94. The predicted octanol–water partition coefficient (Wildman–Crippen LogP) is 3.08. The molecule has 2 rings (SSSR count). The van der Waals surface area contributed by atoms with Gasteiger partial charge in [-0.3, -0.25) is 9.59 Å². The number of hydrogen-bond acceptors (Lipinski definition) is 3. The van der Waals surface area contributed by atoms with E-state index in [0.717, 1.165) is 6.42 Å². The van der Waals surface area contributed by atoms with Crippen LogP contribution in [0.15, 0.2) is 54.6 Å². The van der Waals surface area contributed by atoms with Crippen molar-refractivity contribution in [2.75, 3.05) is 27.2 Å². The molecule has 1 N–H and O–H groups in total. The maximum Gasteiger partial charge on any atom is 0.259 e. The maximum absolute atomic E-state index is 12.3. The van der Waals surface area contributed by atoms with E-state index in [2.05, 4.69) is 24.4 Å². The Kier molecular flexibility index (Phi) is 7.21. The Morgan fingerprint density at radius 1 is 1.08 bits per heavy atom. The molecule has 0 aliphatic rings. The molecule has 0 aliphatic heterocycles. The van der Waals surface area contributed by atoms with Crippen LogP contribution in [0.3, 0.4) is 0 Å². The van der Waals surface area contributed by atoms with Crippen molar-refractivity contribution in [1.29, 1.82) is 0 Å². The molecule has 1 atom stereocenters. The second-order valence-electron chi connectivity index (χ2n) is 6.46. The minimum Gasteiger partial charge on any atom is -0.484 e. The Balaban J connectivity index is 1.83. The highest BCUT2D eigenvalue weighted by atomic mass is 16.5. The van der Waals surface area contributed by atoms with Crippen molar-refractivity contribution in [3.8, 4) is 5.75 Å². The molecular formula is C21H26N2O3. The molecule has 5 heteroatoms. The summed E-state index contributed by atoms with van der Waals surface area (Å²) < 4.78 is 5.45. The second kappa shape index (κ2) is 9.61. The van der Waals surface area contributed by atoms with Crippen LogP contribution in [0.5, 0.6) is 5.75 Å². The summed E-state index contributed by atoms with van der Waals surface area (Å²) >= 11 is 0. The summed E-state index contributed by atoms with van der Waals surface area (Å²) in [4.78, 5) is 25.4. The van der Waals surface area contributed by atoms with Crippen LogP contribution < -0.4 is 10.1 Å². The number of carbonyl (C=O) groups is 2. The van der Waals surface area contributed by atoms with E-state index in [4.69, 9.17) is 4.74 Å². The summed E-state index contributed by atoms with van der Waals surface area (Å²) in [7, 11) is 3.35. The fraction of sp³-hybridized carbons (Fsp3) is 0.333. The van der Waals surface area contributed by atoms with Crippen LogP contribution in [0, 0.1) is 0 Å². The van der Waals surface area contributed by atoms with Crippen LogP contribution in [0.4, 0.5) is 0 Å². The monoisotopic (exact) mass is 354 g/mol. The van der Waals surface area contributed by atoms with Crippen LogP contribution >= 0.6 is 0 Å². The van der Waals surface area contributed by atoms with Crippen LogP contribution in [0.25, 0.3) is 0 Å². The molecule has 0 fully saturated rings. The van der Waals surface area contributed by atoms with Gasteiger partial charge in [0.25, 0.3) is 11.8 Å². The molecule has 26 heavy (non-hydrogen) atoms. The lowest BCUT2D eigenvalue weighted by molar-refractivity contribution is -0.130. The third-order valence-electron chi connectivity index (χ3n) is 4.19. The molecule has 0 saturated heterocycles. The van der Waals surface area contributed by atoms with Gasteiger partial charge in [-0.25, -0.2) is 0 Å². The molecule has 0 spiro atoms. The van der Waals surface area contributed by atoms with E-state index >= 15 is 0 Å². The molecule has 0 radical (unpaired) electrons. The Morgan fingerprint density at radius 3 is 2.50 bits per heavy atom. The molecule has 138 valence electrons. The first-order chi connectivity index (χ1) is 12.5. The molecule has 0 heterocycles.